The minimum Gasteiger partial charge on any atom is -0.0619 e. The van der Waals surface area contributed by atoms with Gasteiger partial charge in [-0.1, -0.05) is 108 Å². The van der Waals surface area contributed by atoms with Crippen molar-refractivity contribution >= 4 is 10.8 Å². The van der Waals surface area contributed by atoms with Crippen molar-refractivity contribution in [2.75, 3.05) is 0 Å². The van der Waals surface area contributed by atoms with Crippen LogP contribution in [0.15, 0.2) is 97.1 Å². The first-order valence-corrected chi connectivity index (χ1v) is 11.0. The van der Waals surface area contributed by atoms with Crippen LogP contribution in [0.1, 0.15) is 33.4 Å². The Labute approximate surface area is 182 Å². The van der Waals surface area contributed by atoms with Crippen LogP contribution in [-0.2, 0) is 5.41 Å². The molecule has 0 heteroatoms. The van der Waals surface area contributed by atoms with Crippen molar-refractivity contribution in [3.05, 3.63) is 130 Å². The van der Waals surface area contributed by atoms with Gasteiger partial charge < -0.3 is 0 Å². The van der Waals surface area contributed by atoms with E-state index in [9.17, 15) is 0 Å². The highest BCUT2D eigenvalue weighted by atomic mass is 14.5. The van der Waals surface area contributed by atoms with Crippen molar-refractivity contribution in [3.63, 3.8) is 0 Å². The summed E-state index contributed by atoms with van der Waals surface area (Å²) in [7, 11) is 0. The Hall–Kier alpha value is -3.64. The molecule has 0 N–H and O–H groups in total. The fourth-order valence-electron chi connectivity index (χ4n) is 6.18. The molecule has 5 aromatic rings. The van der Waals surface area contributed by atoms with Crippen molar-refractivity contribution in [2.45, 2.75) is 19.3 Å². The molecule has 0 fully saturated rings. The van der Waals surface area contributed by atoms with Crippen LogP contribution in [0.5, 0.6) is 0 Å². The van der Waals surface area contributed by atoms with Crippen LogP contribution in [0.2, 0.25) is 0 Å². The van der Waals surface area contributed by atoms with Gasteiger partial charge in [-0.05, 0) is 69.1 Å². The molecule has 0 saturated carbocycles. The molecule has 0 heterocycles. The number of hydrogen-bond acceptors (Lipinski definition) is 0. The molecule has 146 valence electrons. The van der Waals surface area contributed by atoms with Crippen LogP contribution >= 0.6 is 0 Å². The van der Waals surface area contributed by atoms with Crippen LogP contribution in [0.4, 0.5) is 0 Å². The van der Waals surface area contributed by atoms with E-state index in [1.807, 2.05) is 0 Å². The molecule has 0 saturated heterocycles. The zero-order chi connectivity index (χ0) is 20.7. The van der Waals surface area contributed by atoms with Gasteiger partial charge >= 0.3 is 0 Å². The summed E-state index contributed by atoms with van der Waals surface area (Å²) < 4.78 is 0. The normalized spacial score (nSPS) is 14.4. The lowest BCUT2D eigenvalue weighted by molar-refractivity contribution is 0.792. The zero-order valence-electron chi connectivity index (χ0n) is 17.7. The summed E-state index contributed by atoms with van der Waals surface area (Å²) in [6.07, 6.45) is 0. The molecule has 5 aromatic carbocycles. The molecule has 0 amide bonds. The van der Waals surface area contributed by atoms with Gasteiger partial charge in [-0.3, -0.25) is 0 Å². The third-order valence-electron chi connectivity index (χ3n) is 7.38. The molecule has 1 spiro atoms. The molecule has 2 aliphatic rings. The molecule has 0 atom stereocenters. The Morgan fingerprint density at radius 1 is 0.484 bits per heavy atom. The lowest BCUT2D eigenvalue weighted by atomic mass is 9.70. The Morgan fingerprint density at radius 3 is 1.87 bits per heavy atom. The number of rotatable bonds is 0. The zero-order valence-corrected chi connectivity index (χ0v) is 17.7. The molecular formula is C31H22. The van der Waals surface area contributed by atoms with Gasteiger partial charge in [-0.25, -0.2) is 0 Å². The molecule has 0 bridgehead atoms. The molecule has 0 aromatic heterocycles. The van der Waals surface area contributed by atoms with Crippen LogP contribution in [0.25, 0.3) is 33.0 Å². The second-order valence-corrected chi connectivity index (χ2v) is 9.10. The summed E-state index contributed by atoms with van der Waals surface area (Å²) in [5.41, 5.74) is 13.6. The Balaban J connectivity index is 1.75. The van der Waals surface area contributed by atoms with Crippen LogP contribution < -0.4 is 0 Å². The lowest BCUT2D eigenvalue weighted by Gasteiger charge is -2.31. The summed E-state index contributed by atoms with van der Waals surface area (Å²) in [6, 6.07) is 36.6. The maximum Gasteiger partial charge on any atom is 0.0725 e. The van der Waals surface area contributed by atoms with Crippen LogP contribution in [-0.4, -0.2) is 0 Å². The minimum atomic E-state index is -0.251. The van der Waals surface area contributed by atoms with Crippen molar-refractivity contribution in [1.82, 2.24) is 0 Å². The Kier molecular flexibility index (Phi) is 3.16. The van der Waals surface area contributed by atoms with Crippen molar-refractivity contribution in [2.24, 2.45) is 0 Å². The second-order valence-electron chi connectivity index (χ2n) is 9.10. The van der Waals surface area contributed by atoms with Crippen LogP contribution in [0, 0.1) is 13.8 Å². The maximum atomic E-state index is 2.42. The van der Waals surface area contributed by atoms with E-state index in [-0.39, 0.29) is 5.41 Å². The van der Waals surface area contributed by atoms with Crippen molar-refractivity contribution < 1.29 is 0 Å². The van der Waals surface area contributed by atoms with Gasteiger partial charge in [0.05, 0.1) is 5.41 Å². The number of fused-ring (bicyclic) bond motifs is 12. The topological polar surface area (TPSA) is 0 Å². The van der Waals surface area contributed by atoms with E-state index in [2.05, 4.69) is 111 Å². The first-order valence-electron chi connectivity index (χ1n) is 11.0. The van der Waals surface area contributed by atoms with E-state index in [0.717, 1.165) is 0 Å². The first-order chi connectivity index (χ1) is 15.2. The monoisotopic (exact) mass is 394 g/mol. The van der Waals surface area contributed by atoms with E-state index in [0.29, 0.717) is 0 Å². The van der Waals surface area contributed by atoms with E-state index in [1.165, 1.54) is 66.4 Å². The molecule has 31 heavy (non-hydrogen) atoms. The predicted octanol–water partition coefficient (Wildman–Crippen LogP) is 7.80. The molecule has 0 nitrogen and oxygen atoms in total. The largest absolute Gasteiger partial charge is 0.0725 e. The number of benzene rings is 5. The standard InChI is InChI=1S/C31H22/c1-19-11-14-23-24-15-12-20(2)18-29(24)31(28(23)17-19)26-10-6-5-9-25(26)30-22-8-4-3-7-21(22)13-16-27(30)31/h3-18H,1-2H3. The average Bonchev–Trinajstić information content (AvgIpc) is 3.25. The molecule has 2 aliphatic carbocycles. The molecule has 0 aliphatic heterocycles. The summed E-state index contributed by atoms with van der Waals surface area (Å²) >= 11 is 0. The highest BCUT2D eigenvalue weighted by Gasteiger charge is 2.51. The highest BCUT2D eigenvalue weighted by Crippen LogP contribution is 2.63. The van der Waals surface area contributed by atoms with E-state index >= 15 is 0 Å². The summed E-state index contributed by atoms with van der Waals surface area (Å²) in [5, 5.41) is 2.65. The van der Waals surface area contributed by atoms with Gasteiger partial charge in [0, 0.05) is 0 Å². The molecule has 0 unspecified atom stereocenters. The van der Waals surface area contributed by atoms with Gasteiger partial charge in [0.15, 0.2) is 0 Å². The summed E-state index contributed by atoms with van der Waals surface area (Å²) in [6.45, 7) is 4.43. The van der Waals surface area contributed by atoms with E-state index in [4.69, 9.17) is 0 Å². The van der Waals surface area contributed by atoms with Gasteiger partial charge in [-0.15, -0.1) is 0 Å². The molecule has 0 radical (unpaired) electrons. The summed E-state index contributed by atoms with van der Waals surface area (Å²) in [5.74, 6) is 0. The summed E-state index contributed by atoms with van der Waals surface area (Å²) in [4.78, 5) is 0. The van der Waals surface area contributed by atoms with E-state index < -0.39 is 0 Å². The quantitative estimate of drug-likeness (QED) is 0.246. The molecular weight excluding hydrogens is 372 g/mol. The number of hydrogen-bond donors (Lipinski definition) is 0. The fraction of sp³-hybridized carbons (Fsp3) is 0.0968. The Bertz CT molecular complexity index is 1500. The van der Waals surface area contributed by atoms with Crippen molar-refractivity contribution in [1.29, 1.82) is 0 Å². The van der Waals surface area contributed by atoms with E-state index in [1.54, 1.807) is 0 Å². The van der Waals surface area contributed by atoms with Crippen LogP contribution in [0.3, 0.4) is 0 Å². The maximum absolute atomic E-state index is 2.42. The molecule has 7 rings (SSSR count). The predicted molar refractivity (Wildman–Crippen MR) is 130 cm³/mol. The van der Waals surface area contributed by atoms with Gasteiger partial charge in [-0.2, -0.15) is 0 Å². The minimum absolute atomic E-state index is 0.251. The van der Waals surface area contributed by atoms with Gasteiger partial charge in [0.2, 0.25) is 0 Å². The van der Waals surface area contributed by atoms with Crippen molar-refractivity contribution in [3.8, 4) is 22.3 Å². The smallest absolute Gasteiger partial charge is 0.0619 e. The Morgan fingerprint density at radius 2 is 1.13 bits per heavy atom. The third kappa shape index (κ3) is 1.96. The number of aryl methyl sites for hydroxylation is 2. The second kappa shape index (κ2) is 5.74. The third-order valence-corrected chi connectivity index (χ3v) is 7.38. The highest BCUT2D eigenvalue weighted by molar-refractivity contribution is 6.06. The van der Waals surface area contributed by atoms with Gasteiger partial charge in [0.1, 0.15) is 0 Å². The average molecular weight is 395 g/mol. The first kappa shape index (κ1) is 17.1. The van der Waals surface area contributed by atoms with Gasteiger partial charge in [0.25, 0.3) is 0 Å². The lowest BCUT2D eigenvalue weighted by Crippen LogP contribution is -2.26. The SMILES string of the molecule is Cc1ccc2c(c1)C1(c3cc(C)ccc3-2)c2ccccc2-c2c1ccc1ccccc21. The fourth-order valence-corrected chi connectivity index (χ4v) is 6.18.